The van der Waals surface area contributed by atoms with Gasteiger partial charge in [0.1, 0.15) is 5.82 Å². The maximum Gasteiger partial charge on any atom is 0.240 e. The van der Waals surface area contributed by atoms with Crippen LogP contribution in [0.25, 0.3) is 0 Å². The van der Waals surface area contributed by atoms with Gasteiger partial charge in [0.25, 0.3) is 0 Å². The molecule has 3 N–H and O–H groups in total. The van der Waals surface area contributed by atoms with Crippen LogP contribution in [0.5, 0.6) is 0 Å². The third kappa shape index (κ3) is 3.27. The van der Waals surface area contributed by atoms with Crippen molar-refractivity contribution in [3.63, 3.8) is 0 Å². The maximum atomic E-state index is 13.3. The van der Waals surface area contributed by atoms with Gasteiger partial charge in [-0.25, -0.2) is 4.39 Å². The molecule has 3 nitrogen and oxygen atoms in total. The largest absolute Gasteiger partial charge is 0.350 e. The smallest absolute Gasteiger partial charge is 0.240 e. The van der Waals surface area contributed by atoms with Crippen LogP contribution in [0.3, 0.4) is 0 Å². The Bertz CT molecular complexity index is 389. The summed E-state index contributed by atoms with van der Waals surface area (Å²) >= 11 is 0. The maximum absolute atomic E-state index is 13.3. The molecule has 0 aliphatic carbocycles. The third-order valence-corrected chi connectivity index (χ3v) is 3.11. The van der Waals surface area contributed by atoms with Crippen LogP contribution in [0, 0.1) is 5.82 Å². The minimum atomic E-state index is -0.856. The van der Waals surface area contributed by atoms with Crippen LogP contribution in [-0.4, -0.2) is 11.4 Å². The highest BCUT2D eigenvalue weighted by molar-refractivity contribution is 5.85. The fourth-order valence-electron chi connectivity index (χ4n) is 1.56. The Morgan fingerprint density at radius 2 is 1.94 bits per heavy atom. The molecular formula is C13H19FN2O. The van der Waals surface area contributed by atoms with Crippen LogP contribution in [0.15, 0.2) is 24.3 Å². The van der Waals surface area contributed by atoms with Crippen molar-refractivity contribution in [3.8, 4) is 0 Å². The van der Waals surface area contributed by atoms with E-state index < -0.39 is 5.54 Å². The molecule has 0 bridgehead atoms. The predicted molar refractivity (Wildman–Crippen MR) is 65.7 cm³/mol. The van der Waals surface area contributed by atoms with Gasteiger partial charge >= 0.3 is 0 Å². The quantitative estimate of drug-likeness (QED) is 0.824. The number of benzene rings is 1. The first-order valence-electron chi connectivity index (χ1n) is 5.84. The summed E-state index contributed by atoms with van der Waals surface area (Å²) in [5, 5.41) is 2.68. The Morgan fingerprint density at radius 1 is 1.35 bits per heavy atom. The van der Waals surface area contributed by atoms with Crippen molar-refractivity contribution < 1.29 is 9.18 Å². The number of rotatable bonds is 5. The summed E-state index contributed by atoms with van der Waals surface area (Å²) < 4.78 is 13.3. The van der Waals surface area contributed by atoms with Gasteiger partial charge in [-0.2, -0.15) is 0 Å². The molecule has 94 valence electrons. The minimum Gasteiger partial charge on any atom is -0.350 e. The Balaban J connectivity index is 2.63. The van der Waals surface area contributed by atoms with Crippen LogP contribution in [-0.2, 0) is 11.3 Å². The summed E-state index contributed by atoms with van der Waals surface area (Å²) in [4.78, 5) is 11.9. The van der Waals surface area contributed by atoms with E-state index in [-0.39, 0.29) is 18.3 Å². The number of carbonyl (C=O) groups excluding carboxylic acids is 1. The highest BCUT2D eigenvalue weighted by Gasteiger charge is 2.29. The van der Waals surface area contributed by atoms with Crippen molar-refractivity contribution in [1.29, 1.82) is 0 Å². The average Bonchev–Trinajstić information content (AvgIpc) is 2.36. The normalized spacial score (nSPS) is 11.3. The lowest BCUT2D eigenvalue weighted by molar-refractivity contribution is -0.126. The van der Waals surface area contributed by atoms with E-state index >= 15 is 0 Å². The van der Waals surface area contributed by atoms with Gasteiger partial charge in [-0.3, -0.25) is 4.79 Å². The van der Waals surface area contributed by atoms with Gasteiger partial charge in [0, 0.05) is 12.1 Å². The first-order valence-corrected chi connectivity index (χ1v) is 5.84. The monoisotopic (exact) mass is 238 g/mol. The zero-order valence-electron chi connectivity index (χ0n) is 10.3. The Morgan fingerprint density at radius 3 is 2.47 bits per heavy atom. The highest BCUT2D eigenvalue weighted by atomic mass is 19.1. The molecule has 1 aromatic rings. The molecule has 0 saturated heterocycles. The average molecular weight is 238 g/mol. The van der Waals surface area contributed by atoms with Crippen molar-refractivity contribution in [3.05, 3.63) is 35.6 Å². The zero-order chi connectivity index (χ0) is 12.9. The molecule has 0 radical (unpaired) electrons. The lowest BCUT2D eigenvalue weighted by Crippen LogP contribution is -2.52. The Hall–Kier alpha value is -1.42. The van der Waals surface area contributed by atoms with Gasteiger partial charge < -0.3 is 11.1 Å². The minimum absolute atomic E-state index is 0.171. The number of halogens is 1. The molecule has 0 spiro atoms. The second-order valence-corrected chi connectivity index (χ2v) is 4.14. The van der Waals surface area contributed by atoms with E-state index in [2.05, 4.69) is 5.32 Å². The summed E-state index contributed by atoms with van der Waals surface area (Å²) in [6.07, 6.45) is 1.12. The lowest BCUT2D eigenvalue weighted by Gasteiger charge is -2.25. The van der Waals surface area contributed by atoms with E-state index in [0.717, 1.165) is 0 Å². The number of hydrogen-bond donors (Lipinski definition) is 2. The Labute approximate surface area is 101 Å². The number of amides is 1. The molecule has 0 unspecified atom stereocenters. The molecule has 0 aromatic heterocycles. The van der Waals surface area contributed by atoms with Gasteiger partial charge in [0.2, 0.25) is 5.91 Å². The predicted octanol–water partition coefficient (Wildman–Crippen LogP) is 1.96. The molecule has 0 heterocycles. The summed E-state index contributed by atoms with van der Waals surface area (Å²) in [6.45, 7) is 3.91. The molecule has 17 heavy (non-hydrogen) atoms. The Kier molecular flexibility index (Phi) is 4.63. The first-order chi connectivity index (χ1) is 8.03. The fourth-order valence-corrected chi connectivity index (χ4v) is 1.56. The molecule has 1 amide bonds. The lowest BCUT2D eigenvalue weighted by atomic mass is 9.93. The summed E-state index contributed by atoms with van der Waals surface area (Å²) in [7, 11) is 0. The molecule has 4 heteroatoms. The summed E-state index contributed by atoms with van der Waals surface area (Å²) in [5.74, 6) is -0.547. The van der Waals surface area contributed by atoms with Crippen molar-refractivity contribution in [1.82, 2.24) is 5.32 Å². The van der Waals surface area contributed by atoms with E-state index in [1.54, 1.807) is 18.2 Å². The van der Waals surface area contributed by atoms with Gasteiger partial charge in [-0.15, -0.1) is 0 Å². The van der Waals surface area contributed by atoms with Crippen LogP contribution >= 0.6 is 0 Å². The SMILES string of the molecule is CCC(N)(CC)C(=O)NCc1ccccc1F. The molecule has 1 rings (SSSR count). The molecule has 0 saturated carbocycles. The van der Waals surface area contributed by atoms with Gasteiger partial charge in [0.05, 0.1) is 5.54 Å². The van der Waals surface area contributed by atoms with Gasteiger partial charge in [0.15, 0.2) is 0 Å². The highest BCUT2D eigenvalue weighted by Crippen LogP contribution is 2.12. The second-order valence-electron chi connectivity index (χ2n) is 4.14. The summed E-state index contributed by atoms with van der Waals surface area (Å²) in [6, 6.07) is 6.37. The van der Waals surface area contributed by atoms with Crippen LogP contribution in [0.2, 0.25) is 0 Å². The number of nitrogens with two attached hydrogens (primary N) is 1. The fraction of sp³-hybridized carbons (Fsp3) is 0.462. The van der Waals surface area contributed by atoms with E-state index in [4.69, 9.17) is 5.73 Å². The number of nitrogens with one attached hydrogen (secondary N) is 1. The molecule has 1 aromatic carbocycles. The topological polar surface area (TPSA) is 55.1 Å². The van der Waals surface area contributed by atoms with Crippen LogP contribution in [0.1, 0.15) is 32.3 Å². The van der Waals surface area contributed by atoms with Gasteiger partial charge in [-0.05, 0) is 18.9 Å². The van der Waals surface area contributed by atoms with E-state index in [1.807, 2.05) is 13.8 Å². The third-order valence-electron chi connectivity index (χ3n) is 3.11. The van der Waals surface area contributed by atoms with Crippen molar-refractivity contribution in [2.75, 3.05) is 0 Å². The standard InChI is InChI=1S/C13H19FN2O/c1-3-13(15,4-2)12(17)16-9-10-7-5-6-8-11(10)14/h5-8H,3-4,9,15H2,1-2H3,(H,16,17). The number of carbonyl (C=O) groups is 1. The molecule has 0 atom stereocenters. The van der Waals surface area contributed by atoms with E-state index in [9.17, 15) is 9.18 Å². The van der Waals surface area contributed by atoms with Gasteiger partial charge in [-0.1, -0.05) is 32.0 Å². The van der Waals surface area contributed by atoms with Crippen LogP contribution < -0.4 is 11.1 Å². The second kappa shape index (κ2) is 5.77. The van der Waals surface area contributed by atoms with E-state index in [0.29, 0.717) is 18.4 Å². The van der Waals surface area contributed by atoms with Crippen molar-refractivity contribution >= 4 is 5.91 Å². The van der Waals surface area contributed by atoms with Crippen molar-refractivity contribution in [2.45, 2.75) is 38.8 Å². The molecule has 0 aliphatic rings. The van der Waals surface area contributed by atoms with Crippen LogP contribution in [0.4, 0.5) is 4.39 Å². The molecular weight excluding hydrogens is 219 g/mol. The summed E-state index contributed by atoms with van der Waals surface area (Å²) in [5.41, 5.74) is 5.55. The first kappa shape index (κ1) is 13.6. The molecule has 0 aliphatic heterocycles. The number of hydrogen-bond acceptors (Lipinski definition) is 2. The van der Waals surface area contributed by atoms with E-state index in [1.165, 1.54) is 6.07 Å². The van der Waals surface area contributed by atoms with Crippen molar-refractivity contribution in [2.24, 2.45) is 5.73 Å². The molecule has 0 fully saturated rings. The zero-order valence-corrected chi connectivity index (χ0v) is 10.3.